The molecule has 4 rings (SSSR count). The smallest absolute Gasteiger partial charge is 0.0707 e. The highest BCUT2D eigenvalue weighted by atomic mass is 14.5. The standard InChI is InChI=1S/C30H34/c1-6-22(7-2)30(23-15-11-10-12-16-23)27-18-14-13-17-25(27)26-20-19-24(21-28(26)30)29(5,8-3)9-4/h6-7,10-18,20-21,24H,1,8-9,19H2,2-5H3/b22-7+. The van der Waals surface area contributed by atoms with Crippen LogP contribution >= 0.6 is 0 Å². The number of fused-ring (bicyclic) bond motifs is 3. The van der Waals surface area contributed by atoms with Gasteiger partial charge in [0.25, 0.3) is 0 Å². The maximum atomic E-state index is 4.24. The normalized spacial score (nSPS) is 23.3. The maximum absolute atomic E-state index is 4.24. The lowest BCUT2D eigenvalue weighted by Gasteiger charge is -2.40. The average molecular weight is 395 g/mol. The number of hydrogen-bond acceptors (Lipinski definition) is 0. The van der Waals surface area contributed by atoms with E-state index in [1.165, 1.54) is 46.3 Å². The van der Waals surface area contributed by atoms with Crippen molar-refractivity contribution in [2.24, 2.45) is 11.3 Å². The van der Waals surface area contributed by atoms with E-state index in [1.54, 1.807) is 0 Å². The molecule has 0 spiro atoms. The Bertz CT molecular complexity index is 1030. The molecule has 2 aromatic rings. The monoisotopic (exact) mass is 394 g/mol. The number of benzene rings is 2. The molecule has 0 nitrogen and oxygen atoms in total. The Morgan fingerprint density at radius 3 is 2.37 bits per heavy atom. The van der Waals surface area contributed by atoms with Gasteiger partial charge in [-0.3, -0.25) is 0 Å². The lowest BCUT2D eigenvalue weighted by Crippen LogP contribution is -2.32. The molecule has 2 aliphatic rings. The molecule has 2 aliphatic carbocycles. The molecule has 0 radical (unpaired) electrons. The molecular weight excluding hydrogens is 360 g/mol. The van der Waals surface area contributed by atoms with Gasteiger partial charge in [0.15, 0.2) is 0 Å². The zero-order chi connectivity index (χ0) is 21.4. The molecule has 154 valence electrons. The number of hydrogen-bond donors (Lipinski definition) is 0. The second-order valence-corrected chi connectivity index (χ2v) is 9.01. The molecule has 0 heterocycles. The minimum Gasteiger partial charge on any atom is -0.0987 e. The van der Waals surface area contributed by atoms with Crippen LogP contribution in [0.15, 0.2) is 96.6 Å². The van der Waals surface area contributed by atoms with Crippen molar-refractivity contribution in [2.75, 3.05) is 0 Å². The Balaban J connectivity index is 2.08. The lowest BCUT2D eigenvalue weighted by atomic mass is 9.62. The summed E-state index contributed by atoms with van der Waals surface area (Å²) in [6.45, 7) is 13.5. The fourth-order valence-corrected chi connectivity index (χ4v) is 5.71. The van der Waals surface area contributed by atoms with Crippen LogP contribution in [0.3, 0.4) is 0 Å². The number of rotatable bonds is 6. The van der Waals surface area contributed by atoms with Crippen molar-refractivity contribution in [1.82, 2.24) is 0 Å². The van der Waals surface area contributed by atoms with Crippen molar-refractivity contribution < 1.29 is 0 Å². The molecule has 0 saturated carbocycles. The Morgan fingerprint density at radius 1 is 1.07 bits per heavy atom. The summed E-state index contributed by atoms with van der Waals surface area (Å²) in [5.41, 5.74) is 8.26. The molecule has 0 fully saturated rings. The van der Waals surface area contributed by atoms with Crippen LogP contribution in [0.1, 0.15) is 63.6 Å². The molecule has 0 bridgehead atoms. The molecule has 0 aromatic heterocycles. The molecule has 0 N–H and O–H groups in total. The van der Waals surface area contributed by atoms with Crippen molar-refractivity contribution in [1.29, 1.82) is 0 Å². The van der Waals surface area contributed by atoms with Crippen molar-refractivity contribution in [3.05, 3.63) is 113 Å². The van der Waals surface area contributed by atoms with Gasteiger partial charge in [-0.25, -0.2) is 0 Å². The highest BCUT2D eigenvalue weighted by molar-refractivity contribution is 5.95. The molecule has 2 atom stereocenters. The van der Waals surface area contributed by atoms with E-state index in [9.17, 15) is 0 Å². The largest absolute Gasteiger partial charge is 0.0987 e. The van der Waals surface area contributed by atoms with E-state index in [2.05, 4.69) is 113 Å². The maximum Gasteiger partial charge on any atom is 0.0707 e. The summed E-state index contributed by atoms with van der Waals surface area (Å²) in [4.78, 5) is 0. The third kappa shape index (κ3) is 2.81. The Morgan fingerprint density at radius 2 is 1.73 bits per heavy atom. The first-order valence-electron chi connectivity index (χ1n) is 11.4. The Labute approximate surface area is 182 Å². The summed E-state index contributed by atoms with van der Waals surface area (Å²) in [5, 5.41) is 0. The molecule has 0 heteroatoms. The van der Waals surface area contributed by atoms with Crippen molar-refractivity contribution in [3.63, 3.8) is 0 Å². The van der Waals surface area contributed by atoms with Crippen LogP contribution in [0.4, 0.5) is 0 Å². The molecular formula is C30H34. The van der Waals surface area contributed by atoms with Crippen LogP contribution in [0.25, 0.3) is 5.57 Å². The van der Waals surface area contributed by atoms with Gasteiger partial charge in [0.05, 0.1) is 5.41 Å². The van der Waals surface area contributed by atoms with Crippen LogP contribution in [0.5, 0.6) is 0 Å². The van der Waals surface area contributed by atoms with Crippen LogP contribution in [0.2, 0.25) is 0 Å². The van der Waals surface area contributed by atoms with E-state index >= 15 is 0 Å². The average Bonchev–Trinajstić information content (AvgIpc) is 3.11. The quantitative estimate of drug-likeness (QED) is 0.432. The summed E-state index contributed by atoms with van der Waals surface area (Å²) >= 11 is 0. The fourth-order valence-electron chi connectivity index (χ4n) is 5.71. The number of allylic oxidation sites excluding steroid dienone is 7. The van der Waals surface area contributed by atoms with Crippen LogP contribution in [-0.4, -0.2) is 0 Å². The molecule has 2 aromatic carbocycles. The first-order chi connectivity index (χ1) is 14.6. The second-order valence-electron chi connectivity index (χ2n) is 9.01. The summed E-state index contributed by atoms with van der Waals surface area (Å²) in [6.07, 6.45) is 13.0. The van der Waals surface area contributed by atoms with E-state index in [4.69, 9.17) is 0 Å². The molecule has 0 amide bonds. The fraction of sp³-hybridized carbons (Fsp3) is 0.333. The van der Waals surface area contributed by atoms with E-state index in [0.29, 0.717) is 11.3 Å². The van der Waals surface area contributed by atoms with Gasteiger partial charge in [0.1, 0.15) is 0 Å². The van der Waals surface area contributed by atoms with Gasteiger partial charge in [-0.15, -0.1) is 0 Å². The zero-order valence-corrected chi connectivity index (χ0v) is 18.9. The lowest BCUT2D eigenvalue weighted by molar-refractivity contribution is 0.207. The molecule has 0 aliphatic heterocycles. The van der Waals surface area contributed by atoms with Gasteiger partial charge in [-0.05, 0) is 58.1 Å². The second kappa shape index (κ2) is 7.91. The van der Waals surface area contributed by atoms with Gasteiger partial charge in [-0.1, -0.05) is 119 Å². The van der Waals surface area contributed by atoms with Crippen LogP contribution < -0.4 is 0 Å². The van der Waals surface area contributed by atoms with Crippen LogP contribution in [0, 0.1) is 11.3 Å². The predicted molar refractivity (Wildman–Crippen MR) is 130 cm³/mol. The van der Waals surface area contributed by atoms with E-state index < -0.39 is 0 Å². The third-order valence-electron chi connectivity index (χ3n) is 7.94. The topological polar surface area (TPSA) is 0 Å². The minimum absolute atomic E-state index is 0.290. The van der Waals surface area contributed by atoms with Crippen molar-refractivity contribution in [3.8, 4) is 0 Å². The summed E-state index contributed by atoms with van der Waals surface area (Å²) in [5.74, 6) is 0.548. The first kappa shape index (κ1) is 20.7. The summed E-state index contributed by atoms with van der Waals surface area (Å²) < 4.78 is 0. The van der Waals surface area contributed by atoms with Crippen molar-refractivity contribution in [2.45, 2.75) is 52.4 Å². The minimum atomic E-state index is -0.290. The van der Waals surface area contributed by atoms with Gasteiger partial charge in [0.2, 0.25) is 0 Å². The molecule has 2 unspecified atom stereocenters. The van der Waals surface area contributed by atoms with Gasteiger partial charge in [0, 0.05) is 0 Å². The van der Waals surface area contributed by atoms with Gasteiger partial charge < -0.3 is 0 Å². The first-order valence-corrected chi connectivity index (χ1v) is 11.4. The van der Waals surface area contributed by atoms with Gasteiger partial charge in [-0.2, -0.15) is 0 Å². The Kier molecular flexibility index (Phi) is 5.45. The summed E-state index contributed by atoms with van der Waals surface area (Å²) in [7, 11) is 0. The SMILES string of the molecule is C=C/C(=C\C)C1(c2ccccc2)C2=CC(C(C)(CC)CC)CC=C2c2ccccc21. The molecule has 0 saturated heterocycles. The molecule has 30 heavy (non-hydrogen) atoms. The van der Waals surface area contributed by atoms with E-state index in [-0.39, 0.29) is 5.41 Å². The Hall–Kier alpha value is -2.60. The predicted octanol–water partition coefficient (Wildman–Crippen LogP) is 8.27. The van der Waals surface area contributed by atoms with Crippen LogP contribution in [-0.2, 0) is 5.41 Å². The van der Waals surface area contributed by atoms with Crippen molar-refractivity contribution >= 4 is 5.57 Å². The summed E-state index contributed by atoms with van der Waals surface area (Å²) in [6, 6.07) is 20.0. The highest BCUT2D eigenvalue weighted by Gasteiger charge is 2.50. The third-order valence-corrected chi connectivity index (χ3v) is 7.94. The highest BCUT2D eigenvalue weighted by Crippen LogP contribution is 2.60. The zero-order valence-electron chi connectivity index (χ0n) is 18.9. The van der Waals surface area contributed by atoms with E-state index in [1.807, 2.05) is 0 Å². The van der Waals surface area contributed by atoms with E-state index in [0.717, 1.165) is 6.42 Å². The van der Waals surface area contributed by atoms with Gasteiger partial charge >= 0.3 is 0 Å².